The zero-order chi connectivity index (χ0) is 12.8. The summed E-state index contributed by atoms with van der Waals surface area (Å²) in [7, 11) is 1.72. The van der Waals surface area contributed by atoms with Crippen molar-refractivity contribution < 1.29 is 9.26 Å². The molecule has 2 aromatic rings. The average molecular weight is 256 g/mol. The highest BCUT2D eigenvalue weighted by atomic mass is 16.5. The molecule has 2 fully saturated rings. The number of methoxy groups -OCH3 is 1. The quantitative estimate of drug-likeness (QED) is 0.842. The van der Waals surface area contributed by atoms with Gasteiger partial charge in [-0.05, 0) is 36.8 Å². The number of aromatic nitrogens is 2. The molecule has 0 amide bonds. The SMILES string of the molecule is COc1ccccc1C1CC1c1nc(C2CC2)no1. The van der Waals surface area contributed by atoms with Gasteiger partial charge in [0.05, 0.1) is 7.11 Å². The minimum absolute atomic E-state index is 0.372. The summed E-state index contributed by atoms with van der Waals surface area (Å²) >= 11 is 0. The van der Waals surface area contributed by atoms with Crippen LogP contribution >= 0.6 is 0 Å². The van der Waals surface area contributed by atoms with Crippen molar-refractivity contribution in [3.05, 3.63) is 41.5 Å². The Hall–Kier alpha value is -1.84. The molecule has 0 saturated heterocycles. The van der Waals surface area contributed by atoms with E-state index in [1.165, 1.54) is 18.4 Å². The molecule has 0 N–H and O–H groups in total. The molecule has 1 aromatic carbocycles. The summed E-state index contributed by atoms with van der Waals surface area (Å²) in [6.45, 7) is 0. The Bertz CT molecular complexity index is 604. The van der Waals surface area contributed by atoms with Crippen LogP contribution in [0.1, 0.15) is 54.3 Å². The smallest absolute Gasteiger partial charge is 0.230 e. The molecule has 2 saturated carbocycles. The van der Waals surface area contributed by atoms with Gasteiger partial charge >= 0.3 is 0 Å². The second-order valence-corrected chi connectivity index (χ2v) is 5.46. The molecule has 1 aromatic heterocycles. The number of ether oxygens (including phenoxy) is 1. The maximum Gasteiger partial charge on any atom is 0.230 e. The van der Waals surface area contributed by atoms with Crippen LogP contribution in [0.15, 0.2) is 28.8 Å². The van der Waals surface area contributed by atoms with Crippen LogP contribution in [-0.2, 0) is 0 Å². The third-order valence-corrected chi connectivity index (χ3v) is 4.05. The molecule has 2 aliphatic rings. The lowest BCUT2D eigenvalue weighted by Crippen LogP contribution is -1.91. The van der Waals surface area contributed by atoms with Crippen LogP contribution in [0, 0.1) is 0 Å². The molecule has 0 radical (unpaired) electrons. The number of rotatable bonds is 4. The first-order chi connectivity index (χ1) is 9.36. The third-order valence-electron chi connectivity index (χ3n) is 4.05. The highest BCUT2D eigenvalue weighted by molar-refractivity contribution is 5.41. The fourth-order valence-electron chi connectivity index (χ4n) is 2.69. The predicted molar refractivity (Wildman–Crippen MR) is 69.4 cm³/mol. The van der Waals surface area contributed by atoms with Crippen molar-refractivity contribution in [1.29, 1.82) is 0 Å². The summed E-state index contributed by atoms with van der Waals surface area (Å²) < 4.78 is 10.8. The van der Waals surface area contributed by atoms with Gasteiger partial charge in [0.15, 0.2) is 5.82 Å². The van der Waals surface area contributed by atoms with E-state index in [0.717, 1.165) is 23.9 Å². The van der Waals surface area contributed by atoms with Gasteiger partial charge in [-0.1, -0.05) is 23.4 Å². The summed E-state index contributed by atoms with van der Waals surface area (Å²) in [5.41, 5.74) is 1.25. The molecular weight excluding hydrogens is 240 g/mol. The predicted octanol–water partition coefficient (Wildman–Crippen LogP) is 3.23. The molecule has 0 aliphatic heterocycles. The van der Waals surface area contributed by atoms with Gasteiger partial charge in [0.1, 0.15) is 5.75 Å². The zero-order valence-corrected chi connectivity index (χ0v) is 10.9. The van der Waals surface area contributed by atoms with Crippen LogP contribution in [0.4, 0.5) is 0 Å². The van der Waals surface area contributed by atoms with Gasteiger partial charge in [-0.15, -0.1) is 0 Å². The van der Waals surface area contributed by atoms with E-state index < -0.39 is 0 Å². The summed E-state index contributed by atoms with van der Waals surface area (Å²) in [6, 6.07) is 8.18. The first kappa shape index (κ1) is 11.0. The van der Waals surface area contributed by atoms with Crippen molar-refractivity contribution in [1.82, 2.24) is 10.1 Å². The summed E-state index contributed by atoms with van der Waals surface area (Å²) in [5.74, 6) is 4.05. The van der Waals surface area contributed by atoms with Crippen molar-refractivity contribution >= 4 is 0 Å². The Labute approximate surface area is 111 Å². The van der Waals surface area contributed by atoms with Crippen LogP contribution in [-0.4, -0.2) is 17.3 Å². The zero-order valence-electron chi connectivity index (χ0n) is 10.9. The first-order valence-electron chi connectivity index (χ1n) is 6.83. The Kier molecular flexibility index (Phi) is 2.37. The van der Waals surface area contributed by atoms with Crippen molar-refractivity contribution in [2.24, 2.45) is 0 Å². The summed E-state index contributed by atoms with van der Waals surface area (Å²) in [4.78, 5) is 4.55. The van der Waals surface area contributed by atoms with Gasteiger partial charge in [0.2, 0.25) is 5.89 Å². The number of para-hydroxylation sites is 1. The fraction of sp³-hybridized carbons (Fsp3) is 0.467. The van der Waals surface area contributed by atoms with Crippen molar-refractivity contribution in [2.45, 2.75) is 37.0 Å². The highest BCUT2D eigenvalue weighted by Gasteiger charge is 2.45. The molecule has 0 spiro atoms. The first-order valence-corrected chi connectivity index (χ1v) is 6.83. The minimum atomic E-state index is 0.372. The Morgan fingerprint density at radius 2 is 2.05 bits per heavy atom. The largest absolute Gasteiger partial charge is 0.496 e. The van der Waals surface area contributed by atoms with E-state index in [-0.39, 0.29) is 0 Å². The molecule has 98 valence electrons. The van der Waals surface area contributed by atoms with Crippen molar-refractivity contribution in [2.75, 3.05) is 7.11 Å². The molecule has 4 heteroatoms. The minimum Gasteiger partial charge on any atom is -0.496 e. The molecule has 0 bridgehead atoms. The lowest BCUT2D eigenvalue weighted by atomic mass is 10.1. The maximum atomic E-state index is 5.42. The average Bonchev–Trinajstić information content (AvgIpc) is 3.38. The molecule has 19 heavy (non-hydrogen) atoms. The van der Waals surface area contributed by atoms with Gasteiger partial charge < -0.3 is 9.26 Å². The Morgan fingerprint density at radius 3 is 2.84 bits per heavy atom. The standard InChI is InChI=1S/C15H16N2O2/c1-18-13-5-3-2-4-10(13)11-8-12(11)15-16-14(17-19-15)9-6-7-9/h2-5,9,11-12H,6-8H2,1H3. The Morgan fingerprint density at radius 1 is 1.21 bits per heavy atom. The van der Waals surface area contributed by atoms with Gasteiger partial charge in [-0.2, -0.15) is 4.98 Å². The number of hydrogen-bond acceptors (Lipinski definition) is 4. The monoisotopic (exact) mass is 256 g/mol. The van der Waals surface area contributed by atoms with E-state index in [0.29, 0.717) is 17.8 Å². The van der Waals surface area contributed by atoms with E-state index in [2.05, 4.69) is 22.3 Å². The van der Waals surface area contributed by atoms with Crippen LogP contribution < -0.4 is 4.74 Å². The van der Waals surface area contributed by atoms with Crippen molar-refractivity contribution in [3.63, 3.8) is 0 Å². The lowest BCUT2D eigenvalue weighted by Gasteiger charge is -2.06. The molecular formula is C15H16N2O2. The third kappa shape index (κ3) is 1.91. The van der Waals surface area contributed by atoms with E-state index in [4.69, 9.17) is 9.26 Å². The van der Waals surface area contributed by atoms with E-state index in [1.54, 1.807) is 7.11 Å². The van der Waals surface area contributed by atoms with Gasteiger partial charge in [0, 0.05) is 11.8 Å². The van der Waals surface area contributed by atoms with Crippen LogP contribution in [0.3, 0.4) is 0 Å². The van der Waals surface area contributed by atoms with Gasteiger partial charge in [-0.3, -0.25) is 0 Å². The molecule has 2 atom stereocenters. The topological polar surface area (TPSA) is 48.2 Å². The second-order valence-electron chi connectivity index (χ2n) is 5.46. The number of nitrogens with zero attached hydrogens (tertiary/aromatic N) is 2. The van der Waals surface area contributed by atoms with E-state index >= 15 is 0 Å². The lowest BCUT2D eigenvalue weighted by molar-refractivity contribution is 0.372. The van der Waals surface area contributed by atoms with Crippen molar-refractivity contribution in [3.8, 4) is 5.75 Å². The van der Waals surface area contributed by atoms with Crippen LogP contribution in [0.5, 0.6) is 5.75 Å². The molecule has 1 heterocycles. The molecule has 2 aliphatic carbocycles. The van der Waals surface area contributed by atoms with E-state index in [9.17, 15) is 0 Å². The molecule has 4 rings (SSSR count). The fourth-order valence-corrected chi connectivity index (χ4v) is 2.69. The van der Waals surface area contributed by atoms with Gasteiger partial charge in [0.25, 0.3) is 0 Å². The van der Waals surface area contributed by atoms with Crippen LogP contribution in [0.25, 0.3) is 0 Å². The maximum absolute atomic E-state index is 5.42. The van der Waals surface area contributed by atoms with Gasteiger partial charge in [-0.25, -0.2) is 0 Å². The highest BCUT2D eigenvalue weighted by Crippen LogP contribution is 2.56. The Balaban J connectivity index is 1.55. The number of benzene rings is 1. The summed E-state index contributed by atoms with van der Waals surface area (Å²) in [6.07, 6.45) is 3.49. The molecule has 2 unspecified atom stereocenters. The van der Waals surface area contributed by atoms with E-state index in [1.807, 2.05) is 12.1 Å². The molecule has 4 nitrogen and oxygen atoms in total. The number of hydrogen-bond donors (Lipinski definition) is 0. The normalized spacial score (nSPS) is 25.3. The summed E-state index contributed by atoms with van der Waals surface area (Å²) in [5, 5.41) is 4.09. The second kappa shape index (κ2) is 4.08. The van der Waals surface area contributed by atoms with Crippen LogP contribution in [0.2, 0.25) is 0 Å².